The molecule has 0 saturated heterocycles. The molecule has 2 aromatic rings. The second kappa shape index (κ2) is 7.37. The van der Waals surface area contributed by atoms with Crippen molar-refractivity contribution in [2.45, 2.75) is 19.9 Å². The standard InChI is InChI=1S/C19H18BrN3OS/c1-11-4-3-5-13(10-11)17-16(12(2)21-19(25)23-17)18(24)22-15-8-6-14(20)7-9-15/h3-10,17H,1-2H3,(H,22,24)(H2,21,23,25). The molecule has 0 spiro atoms. The molecular formula is C19H18BrN3OS. The van der Waals surface area contributed by atoms with Gasteiger partial charge in [-0.3, -0.25) is 4.79 Å². The van der Waals surface area contributed by atoms with Gasteiger partial charge in [-0.2, -0.15) is 0 Å². The Hall–Kier alpha value is -2.18. The minimum Gasteiger partial charge on any atom is -0.351 e. The maximum atomic E-state index is 12.9. The summed E-state index contributed by atoms with van der Waals surface area (Å²) in [6, 6.07) is 15.3. The minimum absolute atomic E-state index is 0.158. The molecule has 1 amide bonds. The zero-order chi connectivity index (χ0) is 18.0. The molecule has 128 valence electrons. The number of carbonyl (C=O) groups is 1. The summed E-state index contributed by atoms with van der Waals surface area (Å²) in [4.78, 5) is 12.9. The maximum Gasteiger partial charge on any atom is 0.255 e. The number of benzene rings is 2. The Morgan fingerprint density at radius 3 is 2.56 bits per heavy atom. The molecule has 4 nitrogen and oxygen atoms in total. The van der Waals surface area contributed by atoms with Gasteiger partial charge < -0.3 is 16.0 Å². The number of carbonyl (C=O) groups excluding carboxylic acids is 1. The Kier molecular flexibility index (Phi) is 5.20. The number of amides is 1. The van der Waals surface area contributed by atoms with Gasteiger partial charge in [0.05, 0.1) is 11.6 Å². The quantitative estimate of drug-likeness (QED) is 0.657. The highest BCUT2D eigenvalue weighted by Crippen LogP contribution is 2.28. The van der Waals surface area contributed by atoms with E-state index >= 15 is 0 Å². The second-order valence-electron chi connectivity index (χ2n) is 5.95. The van der Waals surface area contributed by atoms with E-state index in [2.05, 4.69) is 37.9 Å². The number of anilines is 1. The number of hydrogen-bond acceptors (Lipinski definition) is 2. The molecule has 0 aliphatic carbocycles. The molecule has 1 aliphatic rings. The van der Waals surface area contributed by atoms with Crippen molar-refractivity contribution in [3.8, 4) is 0 Å². The molecule has 3 N–H and O–H groups in total. The predicted octanol–water partition coefficient (Wildman–Crippen LogP) is 4.19. The molecule has 1 unspecified atom stereocenters. The fourth-order valence-electron chi connectivity index (χ4n) is 2.83. The molecule has 2 aromatic carbocycles. The largest absolute Gasteiger partial charge is 0.351 e. The van der Waals surface area contributed by atoms with Crippen LogP contribution in [0, 0.1) is 6.92 Å². The maximum absolute atomic E-state index is 12.9. The van der Waals surface area contributed by atoms with Crippen molar-refractivity contribution >= 4 is 44.9 Å². The number of aryl methyl sites for hydroxylation is 1. The van der Waals surface area contributed by atoms with Crippen LogP contribution < -0.4 is 16.0 Å². The summed E-state index contributed by atoms with van der Waals surface area (Å²) in [6.45, 7) is 3.90. The van der Waals surface area contributed by atoms with E-state index in [9.17, 15) is 4.79 Å². The van der Waals surface area contributed by atoms with Crippen LogP contribution in [0.4, 0.5) is 5.69 Å². The molecule has 0 radical (unpaired) electrons. The third-order valence-corrected chi connectivity index (χ3v) is 4.74. The summed E-state index contributed by atoms with van der Waals surface area (Å²) in [5, 5.41) is 9.74. The van der Waals surface area contributed by atoms with Gasteiger partial charge in [-0.25, -0.2) is 0 Å². The lowest BCUT2D eigenvalue weighted by molar-refractivity contribution is -0.113. The Balaban J connectivity index is 1.94. The van der Waals surface area contributed by atoms with Crippen molar-refractivity contribution in [2.75, 3.05) is 5.32 Å². The summed E-state index contributed by atoms with van der Waals surface area (Å²) < 4.78 is 0.963. The average Bonchev–Trinajstić information content (AvgIpc) is 2.56. The first-order chi connectivity index (χ1) is 11.9. The van der Waals surface area contributed by atoms with E-state index in [0.29, 0.717) is 10.7 Å². The predicted molar refractivity (Wildman–Crippen MR) is 108 cm³/mol. The fraction of sp³-hybridized carbons (Fsp3) is 0.158. The van der Waals surface area contributed by atoms with Gasteiger partial charge in [-0.15, -0.1) is 0 Å². The highest BCUT2D eigenvalue weighted by atomic mass is 79.9. The Labute approximate surface area is 160 Å². The number of nitrogens with one attached hydrogen (secondary N) is 3. The summed E-state index contributed by atoms with van der Waals surface area (Å²) in [5.41, 5.74) is 4.26. The molecule has 1 heterocycles. The number of allylic oxidation sites excluding steroid dienone is 1. The summed E-state index contributed by atoms with van der Waals surface area (Å²) in [5.74, 6) is -0.158. The molecular weight excluding hydrogens is 398 g/mol. The van der Waals surface area contributed by atoms with Gasteiger partial charge >= 0.3 is 0 Å². The second-order valence-corrected chi connectivity index (χ2v) is 7.27. The molecule has 0 saturated carbocycles. The first kappa shape index (κ1) is 17.6. The first-order valence-electron chi connectivity index (χ1n) is 7.86. The lowest BCUT2D eigenvalue weighted by Gasteiger charge is -2.30. The van der Waals surface area contributed by atoms with Crippen LogP contribution in [0.2, 0.25) is 0 Å². The topological polar surface area (TPSA) is 53.2 Å². The van der Waals surface area contributed by atoms with Crippen LogP contribution >= 0.6 is 28.1 Å². The summed E-state index contributed by atoms with van der Waals surface area (Å²) >= 11 is 8.68. The lowest BCUT2D eigenvalue weighted by atomic mass is 9.94. The summed E-state index contributed by atoms with van der Waals surface area (Å²) in [7, 11) is 0. The third-order valence-electron chi connectivity index (χ3n) is 3.99. The average molecular weight is 416 g/mol. The fourth-order valence-corrected chi connectivity index (χ4v) is 3.36. The molecule has 0 bridgehead atoms. The highest BCUT2D eigenvalue weighted by molar-refractivity contribution is 9.10. The highest BCUT2D eigenvalue weighted by Gasteiger charge is 2.29. The van der Waals surface area contributed by atoms with Gasteiger partial charge in [-0.1, -0.05) is 45.8 Å². The van der Waals surface area contributed by atoms with Crippen molar-refractivity contribution in [2.24, 2.45) is 0 Å². The molecule has 25 heavy (non-hydrogen) atoms. The van der Waals surface area contributed by atoms with E-state index in [1.54, 1.807) is 0 Å². The first-order valence-corrected chi connectivity index (χ1v) is 9.06. The van der Waals surface area contributed by atoms with Crippen molar-refractivity contribution in [3.05, 3.63) is 75.4 Å². The van der Waals surface area contributed by atoms with Crippen LogP contribution in [0.25, 0.3) is 0 Å². The molecule has 6 heteroatoms. The van der Waals surface area contributed by atoms with Crippen LogP contribution in [-0.2, 0) is 4.79 Å². The van der Waals surface area contributed by atoms with E-state index < -0.39 is 0 Å². The number of rotatable bonds is 3. The van der Waals surface area contributed by atoms with Gasteiger partial charge in [0.25, 0.3) is 5.91 Å². The van der Waals surface area contributed by atoms with E-state index in [4.69, 9.17) is 12.2 Å². The van der Waals surface area contributed by atoms with Gasteiger partial charge in [0, 0.05) is 15.9 Å². The van der Waals surface area contributed by atoms with Crippen LogP contribution in [0.5, 0.6) is 0 Å². The van der Waals surface area contributed by atoms with Crippen molar-refractivity contribution in [3.63, 3.8) is 0 Å². The van der Waals surface area contributed by atoms with Crippen LogP contribution in [0.15, 0.2) is 64.3 Å². The Morgan fingerprint density at radius 2 is 1.88 bits per heavy atom. The van der Waals surface area contributed by atoms with E-state index in [-0.39, 0.29) is 11.9 Å². The van der Waals surface area contributed by atoms with E-state index in [1.807, 2.05) is 56.3 Å². The third kappa shape index (κ3) is 4.08. The van der Waals surface area contributed by atoms with Crippen LogP contribution in [0.1, 0.15) is 24.1 Å². The zero-order valence-corrected chi connectivity index (χ0v) is 16.3. The zero-order valence-electron chi connectivity index (χ0n) is 13.9. The Bertz CT molecular complexity index is 861. The van der Waals surface area contributed by atoms with Crippen molar-refractivity contribution in [1.29, 1.82) is 0 Å². The number of halogens is 1. The molecule has 1 atom stereocenters. The van der Waals surface area contributed by atoms with Gasteiger partial charge in [0.2, 0.25) is 0 Å². The minimum atomic E-state index is -0.288. The van der Waals surface area contributed by atoms with E-state index in [1.165, 1.54) is 0 Å². The molecule has 0 fully saturated rings. The smallest absolute Gasteiger partial charge is 0.255 e. The Morgan fingerprint density at radius 1 is 1.16 bits per heavy atom. The number of thiocarbonyl (C=S) groups is 1. The molecule has 3 rings (SSSR count). The van der Waals surface area contributed by atoms with E-state index in [0.717, 1.165) is 27.0 Å². The van der Waals surface area contributed by atoms with Crippen LogP contribution in [-0.4, -0.2) is 11.0 Å². The SMILES string of the molecule is CC1=C(C(=O)Nc2ccc(Br)cc2)C(c2cccc(C)c2)NC(=S)N1. The van der Waals surface area contributed by atoms with Crippen molar-refractivity contribution < 1.29 is 4.79 Å². The number of hydrogen-bond donors (Lipinski definition) is 3. The van der Waals surface area contributed by atoms with Gasteiger partial charge in [0.15, 0.2) is 5.11 Å². The van der Waals surface area contributed by atoms with Gasteiger partial charge in [0.1, 0.15) is 0 Å². The molecule has 1 aliphatic heterocycles. The molecule has 0 aromatic heterocycles. The normalized spacial score (nSPS) is 16.9. The summed E-state index contributed by atoms with van der Waals surface area (Å²) in [6.07, 6.45) is 0. The van der Waals surface area contributed by atoms with Crippen molar-refractivity contribution in [1.82, 2.24) is 10.6 Å². The van der Waals surface area contributed by atoms with Crippen LogP contribution in [0.3, 0.4) is 0 Å². The monoisotopic (exact) mass is 415 g/mol. The van der Waals surface area contributed by atoms with Gasteiger partial charge in [-0.05, 0) is 55.9 Å². The lowest BCUT2D eigenvalue weighted by Crippen LogP contribution is -2.45.